The van der Waals surface area contributed by atoms with Crippen molar-refractivity contribution in [2.75, 3.05) is 24.7 Å². The molecule has 0 bridgehead atoms. The van der Waals surface area contributed by atoms with Crippen LogP contribution in [0.3, 0.4) is 0 Å². The second-order valence-corrected chi connectivity index (χ2v) is 8.94. The number of anilines is 3. The van der Waals surface area contributed by atoms with Crippen molar-refractivity contribution < 1.29 is 14.7 Å². The highest BCUT2D eigenvalue weighted by Gasteiger charge is 2.29. The third kappa shape index (κ3) is 5.34. The molecule has 35 heavy (non-hydrogen) atoms. The van der Waals surface area contributed by atoms with Crippen molar-refractivity contribution in [3.63, 3.8) is 0 Å². The van der Waals surface area contributed by atoms with Crippen LogP contribution in [-0.4, -0.2) is 42.0 Å². The monoisotopic (exact) mass is 478 g/mol. The second-order valence-electron chi connectivity index (χ2n) is 8.94. The molecule has 4 N–H and O–H groups in total. The van der Waals surface area contributed by atoms with Crippen LogP contribution in [0.5, 0.6) is 5.75 Å². The predicted octanol–water partition coefficient (Wildman–Crippen LogP) is 2.49. The number of nitrogens with one attached hydrogen (secondary N) is 3. The zero-order valence-corrected chi connectivity index (χ0v) is 20.4. The molecular formula is C26H30N4O5. The van der Waals surface area contributed by atoms with E-state index in [0.29, 0.717) is 6.54 Å². The maximum absolute atomic E-state index is 12.9. The van der Waals surface area contributed by atoms with Crippen LogP contribution in [0, 0.1) is 12.8 Å². The average Bonchev–Trinajstić information content (AvgIpc) is 2.82. The normalized spacial score (nSPS) is 11.8. The maximum atomic E-state index is 12.9. The van der Waals surface area contributed by atoms with Crippen molar-refractivity contribution in [2.45, 2.75) is 33.4 Å². The van der Waals surface area contributed by atoms with Gasteiger partial charge in [0.05, 0.1) is 11.3 Å². The molecule has 0 saturated carbocycles. The molecule has 2 amide bonds. The maximum Gasteiger partial charge on any atom is 0.257 e. The Labute approximate surface area is 203 Å². The van der Waals surface area contributed by atoms with Crippen LogP contribution in [0.2, 0.25) is 0 Å². The Morgan fingerprint density at radius 2 is 1.63 bits per heavy atom. The van der Waals surface area contributed by atoms with Crippen molar-refractivity contribution >= 4 is 28.9 Å². The Bertz CT molecular complexity index is 1320. The van der Waals surface area contributed by atoms with Crippen molar-refractivity contribution in [3.05, 3.63) is 79.6 Å². The topological polar surface area (TPSA) is 128 Å². The molecule has 0 heterocycles. The molecule has 0 fully saturated rings. The lowest BCUT2D eigenvalue weighted by molar-refractivity contribution is -0.122. The fraction of sp³-hybridized carbons (Fsp3) is 0.308. The average molecular weight is 479 g/mol. The van der Waals surface area contributed by atoms with Gasteiger partial charge in [-0.25, -0.2) is 0 Å². The number of carbonyl (C=O) groups is 2. The zero-order valence-electron chi connectivity index (χ0n) is 20.4. The number of para-hydroxylation sites is 1. The summed E-state index contributed by atoms with van der Waals surface area (Å²) >= 11 is 0. The van der Waals surface area contributed by atoms with E-state index in [1.807, 2.05) is 45.0 Å². The molecule has 0 aliphatic heterocycles. The summed E-state index contributed by atoms with van der Waals surface area (Å²) in [5.74, 6) is -1.27. The number of nitrogens with zero attached hydrogens (tertiary/aromatic N) is 1. The third-order valence-corrected chi connectivity index (χ3v) is 5.81. The number of phenols is 1. The van der Waals surface area contributed by atoms with Gasteiger partial charge in [0.1, 0.15) is 17.4 Å². The highest BCUT2D eigenvalue weighted by Crippen LogP contribution is 2.32. The van der Waals surface area contributed by atoms with Gasteiger partial charge < -0.3 is 26.0 Å². The lowest BCUT2D eigenvalue weighted by atomic mass is 10.0. The number of amides is 2. The molecule has 0 unspecified atom stereocenters. The molecule has 0 saturated heterocycles. The van der Waals surface area contributed by atoms with E-state index in [0.717, 1.165) is 11.1 Å². The van der Waals surface area contributed by atoms with E-state index in [9.17, 15) is 24.3 Å². The van der Waals surface area contributed by atoms with E-state index < -0.39 is 22.8 Å². The molecule has 3 aromatic carbocycles. The smallest absolute Gasteiger partial charge is 0.257 e. The number of aryl methyl sites for hydroxylation is 1. The summed E-state index contributed by atoms with van der Waals surface area (Å²) < 4.78 is 0. The number of phenolic OH excluding ortho intramolecular Hbond substituents is 1. The summed E-state index contributed by atoms with van der Waals surface area (Å²) in [4.78, 5) is 51.2. The zero-order chi connectivity index (χ0) is 25.9. The van der Waals surface area contributed by atoms with Crippen LogP contribution in [0.15, 0.2) is 52.1 Å². The molecule has 184 valence electrons. The molecule has 9 nitrogen and oxygen atoms in total. The van der Waals surface area contributed by atoms with Gasteiger partial charge in [-0.3, -0.25) is 19.2 Å². The number of carbonyl (C=O) groups excluding carboxylic acids is 2. The molecule has 0 aliphatic rings. The lowest BCUT2D eigenvalue weighted by Crippen LogP contribution is -2.47. The Morgan fingerprint density at radius 1 is 0.971 bits per heavy atom. The first-order chi connectivity index (χ1) is 16.5. The summed E-state index contributed by atoms with van der Waals surface area (Å²) in [5, 5.41) is 19.1. The van der Waals surface area contributed by atoms with Crippen molar-refractivity contribution in [2.24, 2.45) is 5.92 Å². The van der Waals surface area contributed by atoms with Crippen LogP contribution >= 0.6 is 0 Å². The molecule has 3 aromatic rings. The summed E-state index contributed by atoms with van der Waals surface area (Å²) in [6, 6.07) is 11.4. The molecule has 0 aliphatic carbocycles. The van der Waals surface area contributed by atoms with Gasteiger partial charge >= 0.3 is 0 Å². The highest BCUT2D eigenvalue weighted by molar-refractivity contribution is 5.99. The molecule has 0 aromatic heterocycles. The Hall–Kier alpha value is -4.14. The lowest BCUT2D eigenvalue weighted by Gasteiger charge is -2.25. The van der Waals surface area contributed by atoms with Crippen LogP contribution in [0.4, 0.5) is 17.1 Å². The quantitative estimate of drug-likeness (QED) is 0.275. The summed E-state index contributed by atoms with van der Waals surface area (Å²) in [7, 11) is 3.10. The van der Waals surface area contributed by atoms with Gasteiger partial charge in [-0.15, -0.1) is 0 Å². The van der Waals surface area contributed by atoms with Crippen molar-refractivity contribution in [1.29, 1.82) is 0 Å². The predicted molar refractivity (Wildman–Crippen MR) is 136 cm³/mol. The van der Waals surface area contributed by atoms with Crippen LogP contribution in [0.25, 0.3) is 0 Å². The summed E-state index contributed by atoms with van der Waals surface area (Å²) in [5.41, 5.74) is 0.513. The third-order valence-electron chi connectivity index (χ3n) is 5.81. The first-order valence-corrected chi connectivity index (χ1v) is 11.3. The number of benzene rings is 2. The van der Waals surface area contributed by atoms with Gasteiger partial charge in [-0.1, -0.05) is 44.2 Å². The van der Waals surface area contributed by atoms with Crippen LogP contribution in [0.1, 0.15) is 35.3 Å². The number of rotatable bonds is 9. The molecule has 3 rings (SSSR count). The number of hydrogen-bond donors (Lipinski definition) is 4. The van der Waals surface area contributed by atoms with E-state index in [1.165, 1.54) is 17.0 Å². The summed E-state index contributed by atoms with van der Waals surface area (Å²) in [6.07, 6.45) is 0. The van der Waals surface area contributed by atoms with E-state index >= 15 is 0 Å². The highest BCUT2D eigenvalue weighted by atomic mass is 16.3. The fourth-order valence-corrected chi connectivity index (χ4v) is 3.63. The molecule has 0 spiro atoms. The first kappa shape index (κ1) is 25.5. The molecular weight excluding hydrogens is 448 g/mol. The SMILES string of the molecule is Cc1ccccc1CNC(=O)[C@H](Nc1c(Nc2cccc(C(=O)N(C)C)c2O)c(=O)c1=O)C(C)C. The van der Waals surface area contributed by atoms with Gasteiger partial charge in [-0.05, 0) is 36.1 Å². The molecule has 0 radical (unpaired) electrons. The minimum absolute atomic E-state index is 0.0384. The Kier molecular flexibility index (Phi) is 7.58. The van der Waals surface area contributed by atoms with Crippen molar-refractivity contribution in [3.8, 4) is 5.75 Å². The molecule has 9 heteroatoms. The molecule has 1 atom stereocenters. The first-order valence-electron chi connectivity index (χ1n) is 11.3. The van der Waals surface area contributed by atoms with E-state index in [2.05, 4.69) is 16.0 Å². The van der Waals surface area contributed by atoms with Gasteiger partial charge in [0.2, 0.25) is 5.91 Å². The fourth-order valence-electron chi connectivity index (χ4n) is 3.63. The van der Waals surface area contributed by atoms with Gasteiger partial charge in [0, 0.05) is 20.6 Å². The van der Waals surface area contributed by atoms with Crippen LogP contribution in [-0.2, 0) is 11.3 Å². The van der Waals surface area contributed by atoms with E-state index in [4.69, 9.17) is 0 Å². The number of aromatic hydroxyl groups is 1. The van der Waals surface area contributed by atoms with E-state index in [1.54, 1.807) is 20.2 Å². The van der Waals surface area contributed by atoms with Crippen LogP contribution < -0.4 is 26.8 Å². The Morgan fingerprint density at radius 3 is 2.26 bits per heavy atom. The van der Waals surface area contributed by atoms with Gasteiger partial charge in [-0.2, -0.15) is 0 Å². The Balaban J connectivity index is 1.81. The second kappa shape index (κ2) is 10.4. The standard InChI is InChI=1S/C26H30N4O5/c1-14(2)19(25(34)27-13-16-10-7-6-9-15(16)3)29-21-20(23(32)24(21)33)28-18-12-8-11-17(22(18)31)26(35)30(4)5/h6-12,14,19,28-29,31H,13H2,1-5H3,(H,27,34)/t19-/m1/s1. The van der Waals surface area contributed by atoms with E-state index in [-0.39, 0.29) is 40.2 Å². The largest absolute Gasteiger partial charge is 0.505 e. The minimum Gasteiger partial charge on any atom is -0.505 e. The number of hydrogen-bond acceptors (Lipinski definition) is 7. The summed E-state index contributed by atoms with van der Waals surface area (Å²) in [6.45, 7) is 5.93. The van der Waals surface area contributed by atoms with Gasteiger partial charge in [0.25, 0.3) is 16.8 Å². The van der Waals surface area contributed by atoms with Gasteiger partial charge in [0.15, 0.2) is 5.75 Å². The van der Waals surface area contributed by atoms with Crippen molar-refractivity contribution in [1.82, 2.24) is 10.2 Å². The minimum atomic E-state index is -0.780.